The predicted octanol–water partition coefficient (Wildman–Crippen LogP) is 4.12. The molecule has 0 atom stereocenters. The maximum atomic E-state index is 12.2. The van der Waals surface area contributed by atoms with Crippen LogP contribution in [0.2, 0.25) is 0 Å². The van der Waals surface area contributed by atoms with Gasteiger partial charge in [0.25, 0.3) is 0 Å². The van der Waals surface area contributed by atoms with E-state index in [1.54, 1.807) is 36.4 Å². The van der Waals surface area contributed by atoms with E-state index in [-0.39, 0.29) is 11.5 Å². The van der Waals surface area contributed by atoms with E-state index in [0.717, 1.165) is 5.39 Å². The van der Waals surface area contributed by atoms with E-state index in [0.29, 0.717) is 16.7 Å². The van der Waals surface area contributed by atoms with Gasteiger partial charge in [-0.05, 0) is 29.8 Å². The molecule has 0 aliphatic rings. The van der Waals surface area contributed by atoms with E-state index in [4.69, 9.17) is 9.15 Å². The van der Waals surface area contributed by atoms with Gasteiger partial charge >= 0.3 is 5.97 Å². The van der Waals surface area contributed by atoms with Gasteiger partial charge in [-0.1, -0.05) is 42.5 Å². The number of ketones is 1. The normalized spacial score (nSPS) is 11.0. The van der Waals surface area contributed by atoms with Crippen molar-refractivity contribution in [2.45, 2.75) is 0 Å². The molecule has 0 unspecified atom stereocenters. The monoisotopic (exact) mass is 306 g/mol. The number of carbonyl (C=O) groups is 2. The second-order valence-electron chi connectivity index (χ2n) is 4.92. The van der Waals surface area contributed by atoms with Crippen LogP contribution in [-0.2, 0) is 4.74 Å². The Labute approximate surface area is 133 Å². The maximum Gasteiger partial charge on any atom is 0.338 e. The standard InChI is InChI=1S/C19H14O4/c1-22-19(21)15-8-4-2-6-13(15)10-11-16(20)18-12-14-7-3-5-9-17(14)23-18/h2-12H,1H3/b11-10+. The Kier molecular flexibility index (Phi) is 4.06. The molecule has 0 aliphatic carbocycles. The van der Waals surface area contributed by atoms with Crippen LogP contribution in [0.1, 0.15) is 26.5 Å². The minimum absolute atomic E-state index is 0.262. The van der Waals surface area contributed by atoms with Gasteiger partial charge in [-0.3, -0.25) is 4.79 Å². The number of furan rings is 1. The topological polar surface area (TPSA) is 56.5 Å². The van der Waals surface area contributed by atoms with Gasteiger partial charge < -0.3 is 9.15 Å². The number of fused-ring (bicyclic) bond motifs is 1. The van der Waals surface area contributed by atoms with Gasteiger partial charge in [0.15, 0.2) is 5.76 Å². The van der Waals surface area contributed by atoms with Crippen LogP contribution >= 0.6 is 0 Å². The maximum absolute atomic E-state index is 12.2. The van der Waals surface area contributed by atoms with Crippen molar-refractivity contribution in [3.8, 4) is 0 Å². The van der Waals surface area contributed by atoms with Crippen LogP contribution in [0.5, 0.6) is 0 Å². The molecule has 1 heterocycles. The lowest BCUT2D eigenvalue weighted by molar-refractivity contribution is 0.0600. The molecule has 0 aliphatic heterocycles. The lowest BCUT2D eigenvalue weighted by Gasteiger charge is -2.02. The molecular formula is C19H14O4. The second kappa shape index (κ2) is 6.32. The van der Waals surface area contributed by atoms with Gasteiger partial charge in [0.05, 0.1) is 12.7 Å². The first-order valence-corrected chi connectivity index (χ1v) is 7.07. The fraction of sp³-hybridized carbons (Fsp3) is 0.0526. The third-order valence-electron chi connectivity index (χ3n) is 3.45. The highest BCUT2D eigenvalue weighted by molar-refractivity contribution is 6.07. The Bertz CT molecular complexity index is 869. The van der Waals surface area contributed by atoms with Gasteiger partial charge in [0.2, 0.25) is 5.78 Å². The largest absolute Gasteiger partial charge is 0.465 e. The molecule has 1 aromatic heterocycles. The van der Waals surface area contributed by atoms with Crippen molar-refractivity contribution >= 4 is 28.8 Å². The minimum atomic E-state index is -0.443. The Morgan fingerprint density at radius 3 is 2.57 bits per heavy atom. The van der Waals surface area contributed by atoms with E-state index < -0.39 is 5.97 Å². The van der Waals surface area contributed by atoms with Gasteiger partial charge in [-0.2, -0.15) is 0 Å². The van der Waals surface area contributed by atoms with E-state index in [2.05, 4.69) is 0 Å². The van der Waals surface area contributed by atoms with Gasteiger partial charge in [-0.25, -0.2) is 4.79 Å². The molecule has 114 valence electrons. The number of benzene rings is 2. The number of hydrogen-bond acceptors (Lipinski definition) is 4. The number of carbonyl (C=O) groups excluding carboxylic acids is 2. The van der Waals surface area contributed by atoms with Crippen molar-refractivity contribution in [2.24, 2.45) is 0 Å². The van der Waals surface area contributed by atoms with Crippen LogP contribution < -0.4 is 0 Å². The summed E-state index contributed by atoms with van der Waals surface area (Å²) in [4.78, 5) is 23.9. The third kappa shape index (κ3) is 3.06. The van der Waals surface area contributed by atoms with Gasteiger partial charge in [0.1, 0.15) is 5.58 Å². The molecule has 2 aromatic carbocycles. The summed E-state index contributed by atoms with van der Waals surface area (Å²) in [5.74, 6) is -0.444. The van der Waals surface area contributed by atoms with Gasteiger partial charge in [0, 0.05) is 5.39 Å². The number of allylic oxidation sites excluding steroid dienone is 1. The average molecular weight is 306 g/mol. The summed E-state index contributed by atoms with van der Waals surface area (Å²) >= 11 is 0. The fourth-order valence-electron chi connectivity index (χ4n) is 2.29. The number of para-hydroxylation sites is 1. The summed E-state index contributed by atoms with van der Waals surface area (Å²) in [5, 5.41) is 0.874. The first kappa shape index (κ1) is 14.8. The highest BCUT2D eigenvalue weighted by Gasteiger charge is 2.11. The molecule has 0 saturated heterocycles. The van der Waals surface area contributed by atoms with Gasteiger partial charge in [-0.15, -0.1) is 0 Å². The molecule has 23 heavy (non-hydrogen) atoms. The van der Waals surface area contributed by atoms with Crippen LogP contribution in [0.3, 0.4) is 0 Å². The summed E-state index contributed by atoms with van der Waals surface area (Å²) in [6.07, 6.45) is 2.97. The Hall–Kier alpha value is -3.14. The smallest absolute Gasteiger partial charge is 0.338 e. The lowest BCUT2D eigenvalue weighted by Crippen LogP contribution is -2.03. The quantitative estimate of drug-likeness (QED) is 0.413. The average Bonchev–Trinajstić information content (AvgIpc) is 3.03. The first-order chi connectivity index (χ1) is 11.2. The molecule has 4 heteroatoms. The number of esters is 1. The van der Waals surface area contributed by atoms with Crippen molar-refractivity contribution in [3.05, 3.63) is 77.6 Å². The SMILES string of the molecule is COC(=O)c1ccccc1/C=C/C(=O)c1cc2ccccc2o1. The molecule has 3 rings (SSSR count). The Balaban J connectivity index is 1.88. The van der Waals surface area contributed by atoms with Crippen molar-refractivity contribution in [3.63, 3.8) is 0 Å². The summed E-state index contributed by atoms with van der Waals surface area (Å²) in [6.45, 7) is 0. The van der Waals surface area contributed by atoms with E-state index in [1.807, 2.05) is 24.3 Å². The highest BCUT2D eigenvalue weighted by atomic mass is 16.5. The summed E-state index contributed by atoms with van der Waals surface area (Å²) in [7, 11) is 1.32. The van der Waals surface area contributed by atoms with E-state index >= 15 is 0 Å². The number of hydrogen-bond donors (Lipinski definition) is 0. The van der Waals surface area contributed by atoms with E-state index in [9.17, 15) is 9.59 Å². The molecule has 0 N–H and O–H groups in total. The second-order valence-corrected chi connectivity index (χ2v) is 4.92. The third-order valence-corrected chi connectivity index (χ3v) is 3.45. The number of rotatable bonds is 4. The first-order valence-electron chi connectivity index (χ1n) is 7.07. The molecule has 4 nitrogen and oxygen atoms in total. The zero-order valence-corrected chi connectivity index (χ0v) is 12.5. The van der Waals surface area contributed by atoms with E-state index in [1.165, 1.54) is 13.2 Å². The molecule has 3 aromatic rings. The van der Waals surface area contributed by atoms with Crippen molar-refractivity contribution < 1.29 is 18.7 Å². The van der Waals surface area contributed by atoms with Crippen LogP contribution in [0, 0.1) is 0 Å². The van der Waals surface area contributed by atoms with Crippen LogP contribution in [0.15, 0.2) is 65.1 Å². The molecule has 0 amide bonds. The zero-order chi connectivity index (χ0) is 16.2. The highest BCUT2D eigenvalue weighted by Crippen LogP contribution is 2.20. The Morgan fingerprint density at radius 2 is 1.78 bits per heavy atom. The zero-order valence-electron chi connectivity index (χ0n) is 12.5. The number of ether oxygens (including phenoxy) is 1. The molecule has 0 spiro atoms. The fourth-order valence-corrected chi connectivity index (χ4v) is 2.29. The molecule has 0 fully saturated rings. The minimum Gasteiger partial charge on any atom is -0.465 e. The Morgan fingerprint density at radius 1 is 1.04 bits per heavy atom. The molecular weight excluding hydrogens is 292 g/mol. The predicted molar refractivity (Wildman–Crippen MR) is 87.4 cm³/mol. The van der Waals surface area contributed by atoms with Crippen LogP contribution in [0.4, 0.5) is 0 Å². The number of methoxy groups -OCH3 is 1. The summed E-state index contributed by atoms with van der Waals surface area (Å²) < 4.78 is 10.3. The summed E-state index contributed by atoms with van der Waals surface area (Å²) in [6, 6.07) is 16.0. The van der Waals surface area contributed by atoms with Crippen molar-refractivity contribution in [2.75, 3.05) is 7.11 Å². The van der Waals surface area contributed by atoms with Crippen molar-refractivity contribution in [1.29, 1.82) is 0 Å². The molecule has 0 saturated carbocycles. The summed E-state index contributed by atoms with van der Waals surface area (Å²) in [5.41, 5.74) is 1.69. The molecule has 0 bridgehead atoms. The van der Waals surface area contributed by atoms with Crippen LogP contribution in [-0.4, -0.2) is 18.9 Å². The van der Waals surface area contributed by atoms with Crippen LogP contribution in [0.25, 0.3) is 17.0 Å². The molecule has 0 radical (unpaired) electrons. The van der Waals surface area contributed by atoms with Crippen molar-refractivity contribution in [1.82, 2.24) is 0 Å². The lowest BCUT2D eigenvalue weighted by atomic mass is 10.1.